The molecule has 2 N–H and O–H groups in total. The predicted molar refractivity (Wildman–Crippen MR) is 98.2 cm³/mol. The Bertz CT molecular complexity index is 689. The van der Waals surface area contributed by atoms with Crippen molar-refractivity contribution in [3.05, 3.63) is 53.9 Å². The Morgan fingerprint density at radius 1 is 1.28 bits per heavy atom. The normalized spacial score (nSPS) is 11.3. The van der Waals surface area contributed by atoms with Gasteiger partial charge in [-0.15, -0.1) is 12.4 Å². The van der Waals surface area contributed by atoms with Gasteiger partial charge in [0.25, 0.3) is 0 Å². The number of aromatic nitrogens is 2. The fourth-order valence-corrected chi connectivity index (χ4v) is 2.38. The Morgan fingerprint density at radius 3 is 2.52 bits per heavy atom. The maximum absolute atomic E-state index is 12.3. The van der Waals surface area contributed by atoms with Gasteiger partial charge in [-0.2, -0.15) is 5.10 Å². The summed E-state index contributed by atoms with van der Waals surface area (Å²) in [4.78, 5) is 26.1. The number of halogens is 1. The van der Waals surface area contributed by atoms with Gasteiger partial charge in [-0.1, -0.05) is 30.3 Å². The number of nitrogens with one attached hydrogen (secondary N) is 2. The molecule has 0 aliphatic rings. The third-order valence-electron chi connectivity index (χ3n) is 3.71. The number of aryl methyl sites for hydroxylation is 1. The van der Waals surface area contributed by atoms with Gasteiger partial charge in [0.15, 0.2) is 0 Å². The van der Waals surface area contributed by atoms with Gasteiger partial charge < -0.3 is 15.5 Å². The van der Waals surface area contributed by atoms with Crippen LogP contribution in [0.1, 0.15) is 17.2 Å². The average Bonchev–Trinajstić information content (AvgIpc) is 3.00. The molecule has 2 rings (SSSR count). The van der Waals surface area contributed by atoms with Crippen molar-refractivity contribution in [1.82, 2.24) is 25.3 Å². The Kier molecular flexibility index (Phi) is 8.10. The molecule has 1 aromatic carbocycles. The third-order valence-corrected chi connectivity index (χ3v) is 3.71. The Labute approximate surface area is 153 Å². The molecule has 1 aromatic heterocycles. The van der Waals surface area contributed by atoms with Crippen LogP contribution in [0.25, 0.3) is 0 Å². The maximum Gasteiger partial charge on any atom is 0.242 e. The Hall–Kier alpha value is -2.38. The quantitative estimate of drug-likeness (QED) is 0.763. The van der Waals surface area contributed by atoms with Crippen LogP contribution in [0, 0.1) is 0 Å². The highest BCUT2D eigenvalue weighted by Crippen LogP contribution is 2.11. The molecule has 0 radical (unpaired) electrons. The van der Waals surface area contributed by atoms with Crippen LogP contribution >= 0.6 is 12.4 Å². The number of amides is 2. The van der Waals surface area contributed by atoms with Crippen LogP contribution < -0.4 is 10.6 Å². The van der Waals surface area contributed by atoms with Gasteiger partial charge in [0, 0.05) is 32.4 Å². The zero-order chi connectivity index (χ0) is 17.5. The van der Waals surface area contributed by atoms with Crippen molar-refractivity contribution in [1.29, 1.82) is 0 Å². The minimum Gasteiger partial charge on any atom is -0.345 e. The van der Waals surface area contributed by atoms with Crippen molar-refractivity contribution in [2.24, 2.45) is 7.05 Å². The lowest BCUT2D eigenvalue weighted by atomic mass is 10.1. The molecule has 0 spiro atoms. The van der Waals surface area contributed by atoms with Crippen molar-refractivity contribution >= 4 is 24.2 Å². The highest BCUT2D eigenvalue weighted by atomic mass is 35.5. The third kappa shape index (κ3) is 5.88. The van der Waals surface area contributed by atoms with Gasteiger partial charge in [-0.25, -0.2) is 0 Å². The van der Waals surface area contributed by atoms with E-state index >= 15 is 0 Å². The van der Waals surface area contributed by atoms with E-state index < -0.39 is 6.04 Å². The highest BCUT2D eigenvalue weighted by Gasteiger charge is 2.21. The number of rotatable bonds is 7. The molecule has 7 nitrogen and oxygen atoms in total. The molecule has 8 heteroatoms. The summed E-state index contributed by atoms with van der Waals surface area (Å²) in [5, 5.41) is 9.67. The van der Waals surface area contributed by atoms with Crippen LogP contribution in [0.3, 0.4) is 0 Å². The van der Waals surface area contributed by atoms with E-state index in [4.69, 9.17) is 0 Å². The van der Waals surface area contributed by atoms with E-state index in [9.17, 15) is 9.59 Å². The molecule has 0 fully saturated rings. The van der Waals surface area contributed by atoms with Crippen molar-refractivity contribution in [3.8, 4) is 0 Å². The lowest BCUT2D eigenvalue weighted by Gasteiger charge is -2.19. The van der Waals surface area contributed by atoms with Crippen molar-refractivity contribution in [3.63, 3.8) is 0 Å². The van der Waals surface area contributed by atoms with Gasteiger partial charge in [-0.3, -0.25) is 14.3 Å². The van der Waals surface area contributed by atoms with Gasteiger partial charge in [0.05, 0.1) is 12.7 Å². The van der Waals surface area contributed by atoms with Crippen molar-refractivity contribution < 1.29 is 9.59 Å². The number of benzene rings is 1. The summed E-state index contributed by atoms with van der Waals surface area (Å²) in [7, 11) is 5.20. The van der Waals surface area contributed by atoms with Crippen LogP contribution in [0.2, 0.25) is 0 Å². The first kappa shape index (κ1) is 20.7. The van der Waals surface area contributed by atoms with Crippen LogP contribution in [-0.2, 0) is 23.2 Å². The molecule has 1 atom stereocenters. The smallest absolute Gasteiger partial charge is 0.242 e. The van der Waals surface area contributed by atoms with Crippen LogP contribution in [0.5, 0.6) is 0 Å². The SMILES string of the molecule is CNC(C(=O)NCC(=O)N(C)Cc1ccccc1)c1cnn(C)c1.Cl. The first-order valence-corrected chi connectivity index (χ1v) is 7.72. The van der Waals surface area contributed by atoms with E-state index in [0.717, 1.165) is 11.1 Å². The van der Waals surface area contributed by atoms with Crippen LogP contribution in [0.15, 0.2) is 42.7 Å². The summed E-state index contributed by atoms with van der Waals surface area (Å²) < 4.78 is 1.63. The molecule has 25 heavy (non-hydrogen) atoms. The molecule has 1 unspecified atom stereocenters. The highest BCUT2D eigenvalue weighted by molar-refractivity contribution is 5.88. The van der Waals surface area contributed by atoms with E-state index in [1.165, 1.54) is 0 Å². The zero-order valence-electron chi connectivity index (χ0n) is 14.6. The molecular formula is C17H24ClN5O2. The lowest BCUT2D eigenvalue weighted by Crippen LogP contribution is -2.42. The fraction of sp³-hybridized carbons (Fsp3) is 0.353. The molecular weight excluding hydrogens is 342 g/mol. The van der Waals surface area contributed by atoms with E-state index in [2.05, 4.69) is 15.7 Å². The molecule has 2 aromatic rings. The van der Waals surface area contributed by atoms with Gasteiger partial charge >= 0.3 is 0 Å². The summed E-state index contributed by atoms with van der Waals surface area (Å²) in [5.74, 6) is -0.403. The Balaban J connectivity index is 0.00000312. The number of likely N-dealkylation sites (N-methyl/N-ethyl adjacent to an activating group) is 2. The molecule has 0 saturated heterocycles. The monoisotopic (exact) mass is 365 g/mol. The first-order chi connectivity index (χ1) is 11.5. The van der Waals surface area contributed by atoms with E-state index in [-0.39, 0.29) is 30.8 Å². The number of nitrogens with zero attached hydrogens (tertiary/aromatic N) is 3. The maximum atomic E-state index is 12.3. The van der Waals surface area contributed by atoms with E-state index in [1.807, 2.05) is 30.3 Å². The van der Waals surface area contributed by atoms with Crippen molar-refractivity contribution in [2.75, 3.05) is 20.6 Å². The largest absolute Gasteiger partial charge is 0.345 e. The average molecular weight is 366 g/mol. The van der Waals surface area contributed by atoms with Crippen LogP contribution in [-0.4, -0.2) is 47.1 Å². The summed E-state index contributed by atoms with van der Waals surface area (Å²) >= 11 is 0. The van der Waals surface area contributed by atoms with Gasteiger partial charge in [-0.05, 0) is 12.6 Å². The minimum absolute atomic E-state index is 0. The van der Waals surface area contributed by atoms with Gasteiger partial charge in [0.2, 0.25) is 11.8 Å². The van der Waals surface area contributed by atoms with E-state index in [1.54, 1.807) is 43.1 Å². The van der Waals surface area contributed by atoms with Gasteiger partial charge in [0.1, 0.15) is 6.04 Å². The minimum atomic E-state index is -0.536. The molecule has 2 amide bonds. The molecule has 1 heterocycles. The topological polar surface area (TPSA) is 79.3 Å². The summed E-state index contributed by atoms with van der Waals surface area (Å²) in [5.41, 5.74) is 1.80. The molecule has 0 saturated carbocycles. The Morgan fingerprint density at radius 2 is 1.96 bits per heavy atom. The van der Waals surface area contributed by atoms with E-state index in [0.29, 0.717) is 6.54 Å². The zero-order valence-corrected chi connectivity index (χ0v) is 15.4. The van der Waals surface area contributed by atoms with Crippen molar-refractivity contribution in [2.45, 2.75) is 12.6 Å². The standard InChI is InChI=1S/C17H23N5O2.ClH/c1-18-16(14-9-20-22(3)12-14)17(24)19-10-15(23)21(2)11-13-7-5-4-6-8-13;/h4-9,12,16,18H,10-11H2,1-3H3,(H,19,24);1H. The lowest BCUT2D eigenvalue weighted by molar-refractivity contribution is -0.132. The number of carbonyl (C=O) groups excluding carboxylic acids is 2. The number of hydrogen-bond acceptors (Lipinski definition) is 4. The predicted octanol–water partition coefficient (Wildman–Crippen LogP) is 0.877. The molecule has 0 bridgehead atoms. The number of hydrogen-bond donors (Lipinski definition) is 2. The first-order valence-electron chi connectivity index (χ1n) is 7.72. The molecule has 0 aliphatic heterocycles. The molecule has 0 aliphatic carbocycles. The second-order valence-corrected chi connectivity index (χ2v) is 5.62. The summed E-state index contributed by atoms with van der Waals surface area (Å²) in [6, 6.07) is 9.18. The second-order valence-electron chi connectivity index (χ2n) is 5.62. The second kappa shape index (κ2) is 9.80. The van der Waals surface area contributed by atoms with Crippen LogP contribution in [0.4, 0.5) is 0 Å². The number of carbonyl (C=O) groups is 2. The molecule has 136 valence electrons. The summed E-state index contributed by atoms with van der Waals surface area (Å²) in [6.07, 6.45) is 3.40. The fourth-order valence-electron chi connectivity index (χ4n) is 2.38. The summed E-state index contributed by atoms with van der Waals surface area (Å²) in [6.45, 7) is 0.466.